The second-order valence-electron chi connectivity index (χ2n) is 4.10. The Labute approximate surface area is 79.9 Å². The highest BCUT2D eigenvalue weighted by Gasteiger charge is 2.57. The first-order valence-corrected chi connectivity index (χ1v) is 4.67. The van der Waals surface area contributed by atoms with Gasteiger partial charge in [0.2, 0.25) is 0 Å². The SMILES string of the molecule is CC[C@H](N)C1C2CC(O)CC21.Cl. The van der Waals surface area contributed by atoms with Crippen molar-refractivity contribution in [1.29, 1.82) is 0 Å². The molecule has 12 heavy (non-hydrogen) atoms. The lowest BCUT2D eigenvalue weighted by Crippen LogP contribution is -2.25. The van der Waals surface area contributed by atoms with Crippen LogP contribution in [-0.4, -0.2) is 17.3 Å². The molecule has 2 aliphatic rings. The molecule has 2 fully saturated rings. The van der Waals surface area contributed by atoms with Crippen LogP contribution in [0, 0.1) is 17.8 Å². The molecule has 0 spiro atoms. The summed E-state index contributed by atoms with van der Waals surface area (Å²) in [5.74, 6) is 2.31. The first kappa shape index (κ1) is 10.3. The molecule has 3 N–H and O–H groups in total. The van der Waals surface area contributed by atoms with Crippen LogP contribution in [0.15, 0.2) is 0 Å². The highest BCUT2D eigenvalue weighted by atomic mass is 35.5. The van der Waals surface area contributed by atoms with Crippen molar-refractivity contribution in [3.8, 4) is 0 Å². The van der Waals surface area contributed by atoms with E-state index in [1.54, 1.807) is 0 Å². The zero-order valence-electron chi connectivity index (χ0n) is 7.44. The second kappa shape index (κ2) is 3.52. The largest absolute Gasteiger partial charge is 0.393 e. The number of fused-ring (bicyclic) bond motifs is 1. The Bertz CT molecular complexity index is 153. The van der Waals surface area contributed by atoms with E-state index in [9.17, 15) is 5.11 Å². The predicted molar refractivity (Wildman–Crippen MR) is 51.2 cm³/mol. The average Bonchev–Trinajstić information content (AvgIpc) is 2.48. The van der Waals surface area contributed by atoms with Crippen LogP contribution in [0.25, 0.3) is 0 Å². The van der Waals surface area contributed by atoms with Crippen LogP contribution in [0.1, 0.15) is 26.2 Å². The first-order valence-electron chi connectivity index (χ1n) is 4.67. The fourth-order valence-electron chi connectivity index (χ4n) is 2.77. The Morgan fingerprint density at radius 3 is 2.33 bits per heavy atom. The molecule has 0 radical (unpaired) electrons. The van der Waals surface area contributed by atoms with Gasteiger partial charge in [0.25, 0.3) is 0 Å². The molecule has 0 aromatic rings. The lowest BCUT2D eigenvalue weighted by molar-refractivity contribution is 0.158. The Morgan fingerprint density at radius 1 is 1.42 bits per heavy atom. The summed E-state index contributed by atoms with van der Waals surface area (Å²) in [6.07, 6.45) is 3.12. The highest BCUT2D eigenvalue weighted by molar-refractivity contribution is 5.85. The number of aliphatic hydroxyl groups excluding tert-OH is 1. The molecule has 2 unspecified atom stereocenters. The molecule has 3 heteroatoms. The topological polar surface area (TPSA) is 46.2 Å². The molecule has 0 saturated heterocycles. The standard InChI is InChI=1S/C9H17NO.ClH/c1-2-8(10)9-6-3-5(11)4-7(6)9;/h5-9,11H,2-4,10H2,1H3;1H/t5?,6?,7?,8-,9?;/m0./s1. The summed E-state index contributed by atoms with van der Waals surface area (Å²) in [6.45, 7) is 2.15. The summed E-state index contributed by atoms with van der Waals surface area (Å²) in [5, 5.41) is 9.26. The van der Waals surface area contributed by atoms with Crippen LogP contribution in [0.4, 0.5) is 0 Å². The van der Waals surface area contributed by atoms with Gasteiger partial charge in [-0.15, -0.1) is 12.4 Å². The van der Waals surface area contributed by atoms with Gasteiger partial charge in [-0.1, -0.05) is 6.92 Å². The number of halogens is 1. The maximum atomic E-state index is 9.26. The molecule has 2 aliphatic carbocycles. The van der Waals surface area contributed by atoms with Gasteiger partial charge in [-0.05, 0) is 37.0 Å². The van der Waals surface area contributed by atoms with Crippen molar-refractivity contribution in [1.82, 2.24) is 0 Å². The number of hydrogen-bond donors (Lipinski definition) is 2. The molecule has 0 amide bonds. The second-order valence-corrected chi connectivity index (χ2v) is 4.10. The molecule has 0 aromatic carbocycles. The lowest BCUT2D eigenvalue weighted by Gasteiger charge is -2.12. The van der Waals surface area contributed by atoms with Crippen molar-refractivity contribution >= 4 is 12.4 Å². The van der Waals surface area contributed by atoms with Gasteiger partial charge in [-0.3, -0.25) is 0 Å². The van der Waals surface area contributed by atoms with E-state index >= 15 is 0 Å². The quantitative estimate of drug-likeness (QED) is 0.688. The monoisotopic (exact) mass is 191 g/mol. The molecule has 2 nitrogen and oxygen atoms in total. The first-order chi connectivity index (χ1) is 5.24. The van der Waals surface area contributed by atoms with Crippen LogP contribution in [0.2, 0.25) is 0 Å². The Kier molecular flexibility index (Phi) is 3.02. The van der Waals surface area contributed by atoms with Crippen LogP contribution < -0.4 is 5.73 Å². The van der Waals surface area contributed by atoms with Crippen molar-refractivity contribution in [3.63, 3.8) is 0 Å². The van der Waals surface area contributed by atoms with Gasteiger partial charge in [-0.2, -0.15) is 0 Å². The van der Waals surface area contributed by atoms with Gasteiger partial charge in [0.15, 0.2) is 0 Å². The maximum absolute atomic E-state index is 9.26. The number of aliphatic hydroxyl groups is 1. The summed E-state index contributed by atoms with van der Waals surface area (Å²) in [7, 11) is 0. The summed E-state index contributed by atoms with van der Waals surface area (Å²) in [4.78, 5) is 0. The lowest BCUT2D eigenvalue weighted by atomic mass is 10.0. The summed E-state index contributed by atoms with van der Waals surface area (Å²) in [6, 6.07) is 0.400. The van der Waals surface area contributed by atoms with E-state index in [0.29, 0.717) is 6.04 Å². The van der Waals surface area contributed by atoms with Crippen molar-refractivity contribution < 1.29 is 5.11 Å². The smallest absolute Gasteiger partial charge is 0.0546 e. The highest BCUT2D eigenvalue weighted by Crippen LogP contribution is 2.58. The molecule has 72 valence electrons. The minimum Gasteiger partial charge on any atom is -0.393 e. The van der Waals surface area contributed by atoms with Crippen molar-refractivity contribution in [2.45, 2.75) is 38.3 Å². The van der Waals surface area contributed by atoms with Crippen LogP contribution in [-0.2, 0) is 0 Å². The molecule has 0 aliphatic heterocycles. The van der Waals surface area contributed by atoms with E-state index < -0.39 is 0 Å². The number of rotatable bonds is 2. The van der Waals surface area contributed by atoms with Crippen LogP contribution in [0.5, 0.6) is 0 Å². The van der Waals surface area contributed by atoms with Gasteiger partial charge in [0.05, 0.1) is 6.10 Å². The summed E-state index contributed by atoms with van der Waals surface area (Å²) in [5.41, 5.74) is 5.93. The Morgan fingerprint density at radius 2 is 1.92 bits per heavy atom. The zero-order valence-corrected chi connectivity index (χ0v) is 8.26. The van der Waals surface area contributed by atoms with Gasteiger partial charge in [-0.25, -0.2) is 0 Å². The van der Waals surface area contributed by atoms with Crippen molar-refractivity contribution in [2.24, 2.45) is 23.5 Å². The molecule has 0 heterocycles. The molecular weight excluding hydrogens is 174 g/mol. The number of hydrogen-bond acceptors (Lipinski definition) is 2. The fraction of sp³-hybridized carbons (Fsp3) is 1.00. The number of nitrogens with two attached hydrogens (primary N) is 1. The Balaban J connectivity index is 0.000000720. The van der Waals surface area contributed by atoms with E-state index in [4.69, 9.17) is 5.73 Å². The maximum Gasteiger partial charge on any atom is 0.0546 e. The van der Waals surface area contributed by atoms with Gasteiger partial charge in [0.1, 0.15) is 0 Å². The minimum atomic E-state index is -0.00898. The third-order valence-corrected chi connectivity index (χ3v) is 3.45. The van der Waals surface area contributed by atoms with Gasteiger partial charge < -0.3 is 10.8 Å². The third-order valence-electron chi connectivity index (χ3n) is 3.45. The fourth-order valence-corrected chi connectivity index (χ4v) is 2.77. The van der Waals surface area contributed by atoms with E-state index in [1.165, 1.54) is 0 Å². The van der Waals surface area contributed by atoms with Gasteiger partial charge in [0, 0.05) is 6.04 Å². The average molecular weight is 192 g/mol. The molecule has 2 rings (SSSR count). The Hall–Kier alpha value is 0.210. The van der Waals surface area contributed by atoms with E-state index in [0.717, 1.165) is 37.0 Å². The zero-order chi connectivity index (χ0) is 8.01. The van der Waals surface area contributed by atoms with E-state index in [2.05, 4.69) is 6.92 Å². The predicted octanol–water partition coefficient (Wildman–Crippen LogP) is 1.16. The third kappa shape index (κ3) is 1.48. The molecule has 3 atom stereocenters. The van der Waals surface area contributed by atoms with Crippen LogP contribution in [0.3, 0.4) is 0 Å². The minimum absolute atomic E-state index is 0. The van der Waals surface area contributed by atoms with E-state index in [-0.39, 0.29) is 18.5 Å². The van der Waals surface area contributed by atoms with E-state index in [1.807, 2.05) is 0 Å². The summed E-state index contributed by atoms with van der Waals surface area (Å²) >= 11 is 0. The molecule has 2 saturated carbocycles. The van der Waals surface area contributed by atoms with Crippen molar-refractivity contribution in [2.75, 3.05) is 0 Å². The van der Waals surface area contributed by atoms with Gasteiger partial charge >= 0.3 is 0 Å². The van der Waals surface area contributed by atoms with Crippen molar-refractivity contribution in [3.05, 3.63) is 0 Å². The molecule has 0 bridgehead atoms. The van der Waals surface area contributed by atoms with Crippen LogP contribution >= 0.6 is 12.4 Å². The normalized spacial score (nSPS) is 46.2. The molecular formula is C9H18ClNO. The molecule has 0 aromatic heterocycles. The summed E-state index contributed by atoms with van der Waals surface area (Å²) < 4.78 is 0.